The van der Waals surface area contributed by atoms with Crippen molar-refractivity contribution < 1.29 is 9.47 Å². The van der Waals surface area contributed by atoms with E-state index in [-0.39, 0.29) is 0 Å². The van der Waals surface area contributed by atoms with E-state index in [1.54, 1.807) is 0 Å². The average molecular weight is 257 g/mol. The van der Waals surface area contributed by atoms with Crippen LogP contribution in [0.25, 0.3) is 0 Å². The van der Waals surface area contributed by atoms with Gasteiger partial charge in [-0.25, -0.2) is 0 Å². The van der Waals surface area contributed by atoms with Crippen LogP contribution in [0.4, 0.5) is 0 Å². The van der Waals surface area contributed by atoms with Crippen molar-refractivity contribution in [2.24, 2.45) is 0 Å². The lowest BCUT2D eigenvalue weighted by atomic mass is 10.0. The minimum absolute atomic E-state index is 0.432. The van der Waals surface area contributed by atoms with Crippen LogP contribution in [0, 0.1) is 0 Å². The topological polar surface area (TPSA) is 18.5 Å². The standard InChI is InChI=1S/C11H13BrO2/c1-7(2)10-8(12)3-4-9-11(10)14-6-5-13-9/h3-4,7H,5-6H2,1-2H3. The summed E-state index contributed by atoms with van der Waals surface area (Å²) < 4.78 is 12.3. The van der Waals surface area contributed by atoms with Crippen molar-refractivity contribution in [3.8, 4) is 11.5 Å². The molecule has 2 nitrogen and oxygen atoms in total. The highest BCUT2D eigenvalue weighted by molar-refractivity contribution is 9.10. The molecule has 0 aromatic heterocycles. The predicted molar refractivity (Wildman–Crippen MR) is 59.2 cm³/mol. The first-order valence-corrected chi connectivity index (χ1v) is 5.57. The zero-order valence-corrected chi connectivity index (χ0v) is 9.93. The third kappa shape index (κ3) is 1.61. The summed E-state index contributed by atoms with van der Waals surface area (Å²) in [5.41, 5.74) is 1.20. The molecule has 1 aliphatic rings. The maximum Gasteiger partial charge on any atom is 0.165 e. The highest BCUT2D eigenvalue weighted by Gasteiger charge is 2.20. The summed E-state index contributed by atoms with van der Waals surface area (Å²) in [7, 11) is 0. The summed E-state index contributed by atoms with van der Waals surface area (Å²) in [5.74, 6) is 2.20. The van der Waals surface area contributed by atoms with Crippen LogP contribution in [0.3, 0.4) is 0 Å². The van der Waals surface area contributed by atoms with E-state index in [9.17, 15) is 0 Å². The van der Waals surface area contributed by atoms with Gasteiger partial charge in [-0.1, -0.05) is 29.8 Å². The molecule has 0 atom stereocenters. The Morgan fingerprint density at radius 1 is 1.21 bits per heavy atom. The fourth-order valence-electron chi connectivity index (χ4n) is 1.65. The molecule has 0 unspecified atom stereocenters. The van der Waals surface area contributed by atoms with Gasteiger partial charge >= 0.3 is 0 Å². The summed E-state index contributed by atoms with van der Waals surface area (Å²) in [6, 6.07) is 3.97. The lowest BCUT2D eigenvalue weighted by Crippen LogP contribution is -2.17. The van der Waals surface area contributed by atoms with Gasteiger partial charge < -0.3 is 9.47 Å². The smallest absolute Gasteiger partial charge is 0.165 e. The lowest BCUT2D eigenvalue weighted by molar-refractivity contribution is 0.169. The van der Waals surface area contributed by atoms with Crippen molar-refractivity contribution in [1.82, 2.24) is 0 Å². The fourth-order valence-corrected chi connectivity index (χ4v) is 2.42. The molecule has 1 aliphatic heterocycles. The number of benzene rings is 1. The molecule has 0 bridgehead atoms. The van der Waals surface area contributed by atoms with Crippen LogP contribution >= 0.6 is 15.9 Å². The summed E-state index contributed by atoms with van der Waals surface area (Å²) in [6.07, 6.45) is 0. The van der Waals surface area contributed by atoms with E-state index in [4.69, 9.17) is 9.47 Å². The quantitative estimate of drug-likeness (QED) is 0.768. The van der Waals surface area contributed by atoms with Gasteiger partial charge in [-0.2, -0.15) is 0 Å². The minimum atomic E-state index is 0.432. The number of fused-ring (bicyclic) bond motifs is 1. The van der Waals surface area contributed by atoms with Crippen LogP contribution in [0.1, 0.15) is 25.3 Å². The molecule has 0 fully saturated rings. The molecule has 76 valence electrons. The van der Waals surface area contributed by atoms with Crippen LogP contribution in [0.5, 0.6) is 11.5 Å². The SMILES string of the molecule is CC(C)c1c(Br)ccc2c1OCCO2. The van der Waals surface area contributed by atoms with Gasteiger partial charge in [0.15, 0.2) is 11.5 Å². The van der Waals surface area contributed by atoms with Crippen LogP contribution in [-0.2, 0) is 0 Å². The van der Waals surface area contributed by atoms with E-state index in [1.807, 2.05) is 12.1 Å². The second-order valence-corrected chi connectivity index (χ2v) is 4.49. The molecule has 0 saturated heterocycles. The summed E-state index contributed by atoms with van der Waals surface area (Å²) >= 11 is 3.54. The normalized spacial score (nSPS) is 14.6. The second kappa shape index (κ2) is 3.81. The number of halogens is 1. The molecule has 14 heavy (non-hydrogen) atoms. The molecule has 0 N–H and O–H groups in total. The van der Waals surface area contributed by atoms with E-state index in [1.165, 1.54) is 5.56 Å². The maximum absolute atomic E-state index is 5.64. The van der Waals surface area contributed by atoms with E-state index in [2.05, 4.69) is 29.8 Å². The monoisotopic (exact) mass is 256 g/mol. The first-order chi connectivity index (χ1) is 6.70. The van der Waals surface area contributed by atoms with Crippen molar-refractivity contribution >= 4 is 15.9 Å². The number of hydrogen-bond acceptors (Lipinski definition) is 2. The number of hydrogen-bond donors (Lipinski definition) is 0. The molecule has 2 rings (SSSR count). The highest BCUT2D eigenvalue weighted by atomic mass is 79.9. The van der Waals surface area contributed by atoms with Crippen molar-refractivity contribution in [2.75, 3.05) is 13.2 Å². The third-order valence-corrected chi connectivity index (χ3v) is 2.96. The van der Waals surface area contributed by atoms with Crippen molar-refractivity contribution in [3.63, 3.8) is 0 Å². The molecule has 1 aromatic carbocycles. The lowest BCUT2D eigenvalue weighted by Gasteiger charge is -2.23. The second-order valence-electron chi connectivity index (χ2n) is 3.64. The van der Waals surface area contributed by atoms with Crippen molar-refractivity contribution in [3.05, 3.63) is 22.2 Å². The molecule has 0 amide bonds. The van der Waals surface area contributed by atoms with Crippen molar-refractivity contribution in [1.29, 1.82) is 0 Å². The zero-order chi connectivity index (χ0) is 10.1. The Morgan fingerprint density at radius 3 is 2.64 bits per heavy atom. The molecule has 3 heteroatoms. The number of rotatable bonds is 1. The van der Waals surface area contributed by atoms with Crippen LogP contribution in [0.2, 0.25) is 0 Å². The molecule has 0 saturated carbocycles. The van der Waals surface area contributed by atoms with Gasteiger partial charge in [-0.15, -0.1) is 0 Å². The predicted octanol–water partition coefficient (Wildman–Crippen LogP) is 3.34. The maximum atomic E-state index is 5.64. The Bertz CT molecular complexity index is 347. The van der Waals surface area contributed by atoms with Gasteiger partial charge in [0.1, 0.15) is 13.2 Å². The fraction of sp³-hybridized carbons (Fsp3) is 0.455. The molecule has 0 aliphatic carbocycles. The van der Waals surface area contributed by atoms with E-state index >= 15 is 0 Å². The van der Waals surface area contributed by atoms with Gasteiger partial charge in [0.25, 0.3) is 0 Å². The molecule has 0 radical (unpaired) electrons. The first kappa shape index (κ1) is 9.84. The van der Waals surface area contributed by atoms with Gasteiger partial charge in [0.2, 0.25) is 0 Å². The molecule has 1 heterocycles. The van der Waals surface area contributed by atoms with Gasteiger partial charge in [0.05, 0.1) is 0 Å². The van der Waals surface area contributed by atoms with Crippen LogP contribution in [-0.4, -0.2) is 13.2 Å². The van der Waals surface area contributed by atoms with E-state index < -0.39 is 0 Å². The Morgan fingerprint density at radius 2 is 1.93 bits per heavy atom. The third-order valence-electron chi connectivity index (χ3n) is 2.27. The molecular weight excluding hydrogens is 244 g/mol. The molecule has 0 spiro atoms. The average Bonchev–Trinajstić information content (AvgIpc) is 2.17. The largest absolute Gasteiger partial charge is 0.486 e. The Hall–Kier alpha value is -0.700. The van der Waals surface area contributed by atoms with Gasteiger partial charge in [0, 0.05) is 10.0 Å². The van der Waals surface area contributed by atoms with Crippen LogP contribution in [0.15, 0.2) is 16.6 Å². The Balaban J connectivity index is 2.55. The first-order valence-electron chi connectivity index (χ1n) is 4.78. The van der Waals surface area contributed by atoms with Gasteiger partial charge in [-0.3, -0.25) is 0 Å². The Labute approximate surface area is 92.3 Å². The Kier molecular flexibility index (Phi) is 2.68. The van der Waals surface area contributed by atoms with E-state index in [0.29, 0.717) is 19.1 Å². The summed E-state index contributed by atoms with van der Waals surface area (Å²) in [6.45, 7) is 5.59. The summed E-state index contributed by atoms with van der Waals surface area (Å²) in [4.78, 5) is 0. The van der Waals surface area contributed by atoms with Gasteiger partial charge in [-0.05, 0) is 18.1 Å². The minimum Gasteiger partial charge on any atom is -0.486 e. The molecule has 1 aromatic rings. The van der Waals surface area contributed by atoms with Crippen LogP contribution < -0.4 is 9.47 Å². The highest BCUT2D eigenvalue weighted by Crippen LogP contribution is 2.41. The van der Waals surface area contributed by atoms with E-state index in [0.717, 1.165) is 16.0 Å². The summed E-state index contributed by atoms with van der Waals surface area (Å²) in [5, 5.41) is 0. The number of ether oxygens (including phenoxy) is 2. The van der Waals surface area contributed by atoms with Crippen molar-refractivity contribution in [2.45, 2.75) is 19.8 Å². The molecular formula is C11H13BrO2. The zero-order valence-electron chi connectivity index (χ0n) is 8.34.